The lowest BCUT2D eigenvalue weighted by Crippen LogP contribution is -2.33. The van der Waals surface area contributed by atoms with Crippen molar-refractivity contribution in [3.05, 3.63) is 70.9 Å². The number of carbonyl (C=O) groups is 1. The van der Waals surface area contributed by atoms with Crippen molar-refractivity contribution in [3.8, 4) is 0 Å². The summed E-state index contributed by atoms with van der Waals surface area (Å²) >= 11 is 0. The third-order valence-corrected chi connectivity index (χ3v) is 5.82. The molecule has 1 atom stereocenters. The second-order valence-electron chi connectivity index (χ2n) is 8.15. The van der Waals surface area contributed by atoms with E-state index in [2.05, 4.69) is 47.0 Å². The number of aromatic nitrogens is 1. The average Bonchev–Trinajstić information content (AvgIpc) is 2.99. The monoisotopic (exact) mass is 375 g/mol. The molecule has 1 aliphatic rings. The summed E-state index contributed by atoms with van der Waals surface area (Å²) in [6, 6.07) is 16.8. The SMILES string of the molecule is Cc1ccc2c(c1)c1c(n2CC(C)C(=O)NCc2ccccc2)CN(C)CC1. The molecule has 0 bridgehead atoms. The van der Waals surface area contributed by atoms with Crippen LogP contribution in [0.4, 0.5) is 0 Å². The van der Waals surface area contributed by atoms with Gasteiger partial charge in [-0.2, -0.15) is 0 Å². The average molecular weight is 376 g/mol. The second kappa shape index (κ2) is 7.80. The topological polar surface area (TPSA) is 37.3 Å². The van der Waals surface area contributed by atoms with Gasteiger partial charge in [0.15, 0.2) is 0 Å². The highest BCUT2D eigenvalue weighted by Crippen LogP contribution is 2.32. The molecule has 1 aromatic heterocycles. The molecule has 3 aromatic rings. The van der Waals surface area contributed by atoms with Crippen molar-refractivity contribution in [3.63, 3.8) is 0 Å². The summed E-state index contributed by atoms with van der Waals surface area (Å²) in [6.45, 7) is 7.51. The van der Waals surface area contributed by atoms with Crippen molar-refractivity contribution in [2.24, 2.45) is 5.92 Å². The Hall–Kier alpha value is -2.59. The summed E-state index contributed by atoms with van der Waals surface area (Å²) in [4.78, 5) is 15.1. The van der Waals surface area contributed by atoms with E-state index in [0.717, 1.165) is 25.1 Å². The van der Waals surface area contributed by atoms with Crippen LogP contribution in [0.1, 0.15) is 29.3 Å². The molecule has 0 spiro atoms. The molecule has 1 aliphatic heterocycles. The van der Waals surface area contributed by atoms with Crippen LogP contribution in [0.5, 0.6) is 0 Å². The molecular formula is C24H29N3O. The zero-order valence-corrected chi connectivity index (χ0v) is 17.0. The van der Waals surface area contributed by atoms with Crippen LogP contribution in [-0.4, -0.2) is 29.0 Å². The summed E-state index contributed by atoms with van der Waals surface area (Å²) in [7, 11) is 2.17. The van der Waals surface area contributed by atoms with Crippen LogP contribution >= 0.6 is 0 Å². The number of nitrogens with zero attached hydrogens (tertiary/aromatic N) is 2. The third-order valence-electron chi connectivity index (χ3n) is 5.82. The molecule has 1 N–H and O–H groups in total. The highest BCUT2D eigenvalue weighted by Gasteiger charge is 2.24. The Kier molecular flexibility index (Phi) is 5.23. The fourth-order valence-corrected chi connectivity index (χ4v) is 4.21. The number of aryl methyl sites for hydroxylation is 1. The summed E-state index contributed by atoms with van der Waals surface area (Å²) in [5.74, 6) is 0.0210. The molecule has 4 rings (SSSR count). The van der Waals surface area contributed by atoms with E-state index >= 15 is 0 Å². The van der Waals surface area contributed by atoms with E-state index in [4.69, 9.17) is 0 Å². The number of benzene rings is 2. The van der Waals surface area contributed by atoms with Gasteiger partial charge in [0, 0.05) is 42.8 Å². The highest BCUT2D eigenvalue weighted by atomic mass is 16.1. The Labute approximate surface area is 167 Å². The molecule has 1 amide bonds. The van der Waals surface area contributed by atoms with Crippen LogP contribution in [0, 0.1) is 12.8 Å². The zero-order valence-electron chi connectivity index (χ0n) is 17.0. The van der Waals surface area contributed by atoms with Crippen LogP contribution in [-0.2, 0) is 30.8 Å². The van der Waals surface area contributed by atoms with Crippen molar-refractivity contribution in [1.29, 1.82) is 0 Å². The molecule has 0 saturated carbocycles. The lowest BCUT2D eigenvalue weighted by molar-refractivity contribution is -0.125. The van der Waals surface area contributed by atoms with Gasteiger partial charge >= 0.3 is 0 Å². The van der Waals surface area contributed by atoms with Crippen molar-refractivity contribution < 1.29 is 4.79 Å². The predicted molar refractivity (Wildman–Crippen MR) is 114 cm³/mol. The molecule has 2 heterocycles. The molecule has 0 radical (unpaired) electrons. The van der Waals surface area contributed by atoms with Gasteiger partial charge < -0.3 is 14.8 Å². The van der Waals surface area contributed by atoms with Crippen molar-refractivity contribution in [1.82, 2.24) is 14.8 Å². The third kappa shape index (κ3) is 3.69. The summed E-state index contributed by atoms with van der Waals surface area (Å²) in [6.07, 6.45) is 1.08. The Morgan fingerprint density at radius 1 is 1.18 bits per heavy atom. The van der Waals surface area contributed by atoms with Crippen molar-refractivity contribution >= 4 is 16.8 Å². The molecule has 0 saturated heterocycles. The van der Waals surface area contributed by atoms with E-state index in [9.17, 15) is 4.79 Å². The summed E-state index contributed by atoms with van der Waals surface area (Å²) in [5.41, 5.74) is 6.52. The number of rotatable bonds is 5. The molecule has 28 heavy (non-hydrogen) atoms. The Bertz CT molecular complexity index is 990. The lowest BCUT2D eigenvalue weighted by Gasteiger charge is -2.25. The number of likely N-dealkylation sites (N-methyl/N-ethyl adjacent to an activating group) is 1. The first kappa shape index (κ1) is 18.8. The summed E-state index contributed by atoms with van der Waals surface area (Å²) in [5, 5.41) is 4.46. The van der Waals surface area contributed by atoms with E-state index in [-0.39, 0.29) is 11.8 Å². The van der Waals surface area contributed by atoms with E-state index in [1.54, 1.807) is 0 Å². The molecule has 2 aromatic carbocycles. The molecule has 4 nitrogen and oxygen atoms in total. The predicted octanol–water partition coefficient (Wildman–Crippen LogP) is 3.89. The molecule has 146 valence electrons. The number of hydrogen-bond donors (Lipinski definition) is 1. The largest absolute Gasteiger partial charge is 0.352 e. The van der Waals surface area contributed by atoms with E-state index in [1.807, 2.05) is 37.3 Å². The van der Waals surface area contributed by atoms with Crippen LogP contribution in [0.15, 0.2) is 48.5 Å². The molecule has 0 aliphatic carbocycles. The minimum absolute atomic E-state index is 0.0862. The normalized spacial score (nSPS) is 15.4. The fraction of sp³-hybridized carbons (Fsp3) is 0.375. The molecule has 1 unspecified atom stereocenters. The minimum atomic E-state index is -0.0862. The Morgan fingerprint density at radius 3 is 2.75 bits per heavy atom. The van der Waals surface area contributed by atoms with Crippen LogP contribution in [0.2, 0.25) is 0 Å². The first-order valence-electron chi connectivity index (χ1n) is 10.1. The number of fused-ring (bicyclic) bond motifs is 3. The fourth-order valence-electron chi connectivity index (χ4n) is 4.21. The highest BCUT2D eigenvalue weighted by molar-refractivity contribution is 5.87. The zero-order chi connectivity index (χ0) is 19.7. The summed E-state index contributed by atoms with van der Waals surface area (Å²) < 4.78 is 2.38. The van der Waals surface area contributed by atoms with Crippen molar-refractivity contribution in [2.75, 3.05) is 13.6 Å². The van der Waals surface area contributed by atoms with E-state index in [0.29, 0.717) is 13.1 Å². The standard InChI is InChI=1S/C24H29N3O/c1-17-9-10-22-21(13-17)20-11-12-26(3)16-23(20)27(22)15-18(2)24(28)25-14-19-7-5-4-6-8-19/h4-10,13,18H,11-12,14-16H2,1-3H3,(H,25,28). The second-order valence-corrected chi connectivity index (χ2v) is 8.15. The van der Waals surface area contributed by atoms with E-state index in [1.165, 1.54) is 27.7 Å². The van der Waals surface area contributed by atoms with Crippen LogP contribution in [0.25, 0.3) is 10.9 Å². The maximum Gasteiger partial charge on any atom is 0.224 e. The van der Waals surface area contributed by atoms with Gasteiger partial charge in [-0.25, -0.2) is 0 Å². The Morgan fingerprint density at radius 2 is 1.96 bits per heavy atom. The van der Waals surface area contributed by atoms with Gasteiger partial charge in [-0.15, -0.1) is 0 Å². The Balaban J connectivity index is 1.57. The maximum atomic E-state index is 12.7. The van der Waals surface area contributed by atoms with Gasteiger partial charge in [-0.05, 0) is 43.7 Å². The lowest BCUT2D eigenvalue weighted by atomic mass is 10.0. The van der Waals surface area contributed by atoms with Gasteiger partial charge in [0.2, 0.25) is 5.91 Å². The smallest absolute Gasteiger partial charge is 0.224 e. The van der Waals surface area contributed by atoms with E-state index < -0.39 is 0 Å². The molecule has 0 fully saturated rings. The van der Waals surface area contributed by atoms with Gasteiger partial charge in [0.1, 0.15) is 0 Å². The number of amides is 1. The number of hydrogen-bond acceptors (Lipinski definition) is 2. The van der Waals surface area contributed by atoms with Crippen molar-refractivity contribution in [2.45, 2.75) is 39.9 Å². The van der Waals surface area contributed by atoms with Gasteiger partial charge in [-0.1, -0.05) is 48.9 Å². The molecule has 4 heteroatoms. The van der Waals surface area contributed by atoms with Gasteiger partial charge in [-0.3, -0.25) is 4.79 Å². The number of nitrogens with one attached hydrogen (secondary N) is 1. The quantitative estimate of drug-likeness (QED) is 0.735. The first-order valence-corrected chi connectivity index (χ1v) is 10.1. The number of carbonyl (C=O) groups excluding carboxylic acids is 1. The minimum Gasteiger partial charge on any atom is -0.352 e. The van der Waals surface area contributed by atoms with Crippen LogP contribution in [0.3, 0.4) is 0 Å². The maximum absolute atomic E-state index is 12.7. The molecular weight excluding hydrogens is 346 g/mol. The van der Waals surface area contributed by atoms with Gasteiger partial charge in [0.25, 0.3) is 0 Å². The first-order chi connectivity index (χ1) is 13.5. The van der Waals surface area contributed by atoms with Crippen LogP contribution < -0.4 is 5.32 Å². The van der Waals surface area contributed by atoms with Gasteiger partial charge in [0.05, 0.1) is 5.92 Å².